The highest BCUT2D eigenvalue weighted by molar-refractivity contribution is 7.95. The molecule has 2 N–H and O–H groups in total. The summed E-state index contributed by atoms with van der Waals surface area (Å²) in [6, 6.07) is 6.27. The molecule has 2 rings (SSSR count). The Morgan fingerprint density at radius 2 is 1.52 bits per heavy atom. The van der Waals surface area contributed by atoms with Crippen molar-refractivity contribution in [2.45, 2.75) is 42.4 Å². The molecule has 0 radical (unpaired) electrons. The molecule has 0 amide bonds. The van der Waals surface area contributed by atoms with E-state index < -0.39 is 19.7 Å². The molecule has 21 heavy (non-hydrogen) atoms. The van der Waals surface area contributed by atoms with Crippen molar-refractivity contribution < 1.29 is 16.8 Å². The highest BCUT2D eigenvalue weighted by Gasteiger charge is 2.30. The molecule has 1 saturated carbocycles. The second kappa shape index (κ2) is 6.46. The largest absolute Gasteiger partial charge is 0.326 e. The predicted octanol–water partition coefficient (Wildman–Crippen LogP) is 1.28. The maximum atomic E-state index is 12.2. The van der Waals surface area contributed by atoms with E-state index in [0.717, 1.165) is 18.4 Å². The van der Waals surface area contributed by atoms with Gasteiger partial charge >= 0.3 is 0 Å². The van der Waals surface area contributed by atoms with Crippen molar-refractivity contribution in [1.29, 1.82) is 0 Å². The molecule has 0 heterocycles. The van der Waals surface area contributed by atoms with E-state index in [1.165, 1.54) is 12.1 Å². The van der Waals surface area contributed by atoms with Crippen LogP contribution in [0.3, 0.4) is 0 Å². The van der Waals surface area contributed by atoms with Gasteiger partial charge in [0, 0.05) is 6.54 Å². The van der Waals surface area contributed by atoms with E-state index >= 15 is 0 Å². The van der Waals surface area contributed by atoms with Crippen LogP contribution in [0.25, 0.3) is 0 Å². The van der Waals surface area contributed by atoms with Gasteiger partial charge in [0.05, 0.1) is 21.7 Å². The second-order valence-corrected chi connectivity index (χ2v) is 9.95. The van der Waals surface area contributed by atoms with E-state index in [4.69, 9.17) is 5.73 Å². The van der Waals surface area contributed by atoms with Gasteiger partial charge in [-0.05, 0) is 30.5 Å². The zero-order chi connectivity index (χ0) is 15.5. The van der Waals surface area contributed by atoms with Crippen LogP contribution in [-0.4, -0.2) is 33.6 Å². The summed E-state index contributed by atoms with van der Waals surface area (Å²) >= 11 is 0. The highest BCUT2D eigenvalue weighted by Crippen LogP contribution is 2.25. The van der Waals surface area contributed by atoms with Crippen LogP contribution >= 0.6 is 0 Å². The van der Waals surface area contributed by atoms with Crippen LogP contribution in [0, 0.1) is 0 Å². The van der Waals surface area contributed by atoms with Crippen molar-refractivity contribution in [3.05, 3.63) is 29.8 Å². The van der Waals surface area contributed by atoms with Gasteiger partial charge < -0.3 is 5.73 Å². The lowest BCUT2D eigenvalue weighted by molar-refractivity contribution is 0.576. The average Bonchev–Trinajstić information content (AvgIpc) is 3.01. The third kappa shape index (κ3) is 4.05. The first-order chi connectivity index (χ1) is 9.85. The lowest BCUT2D eigenvalue weighted by Crippen LogP contribution is -2.25. The molecule has 0 atom stereocenters. The number of hydrogen-bond acceptors (Lipinski definition) is 5. The molecule has 1 aromatic rings. The first kappa shape index (κ1) is 16.5. The van der Waals surface area contributed by atoms with Crippen LogP contribution in [0.1, 0.15) is 31.2 Å². The van der Waals surface area contributed by atoms with E-state index in [-0.39, 0.29) is 21.7 Å². The minimum absolute atomic E-state index is 0.154. The SMILES string of the molecule is NCc1ccc(S(=O)(=O)CCS(=O)(=O)C2CCCC2)cc1. The summed E-state index contributed by atoms with van der Waals surface area (Å²) in [4.78, 5) is 0.154. The second-order valence-electron chi connectivity index (χ2n) is 5.44. The normalized spacial score (nSPS) is 17.2. The Morgan fingerprint density at radius 1 is 0.952 bits per heavy atom. The van der Waals surface area contributed by atoms with Crippen molar-refractivity contribution in [3.63, 3.8) is 0 Å². The van der Waals surface area contributed by atoms with Crippen molar-refractivity contribution in [2.24, 2.45) is 5.73 Å². The molecule has 1 aliphatic rings. The highest BCUT2D eigenvalue weighted by atomic mass is 32.2. The summed E-state index contributed by atoms with van der Waals surface area (Å²) in [6.07, 6.45) is 3.15. The molecule has 0 aliphatic heterocycles. The molecular formula is C14H21NO4S2. The Hall–Kier alpha value is -0.920. The van der Waals surface area contributed by atoms with Gasteiger partial charge in [0.1, 0.15) is 0 Å². The summed E-state index contributed by atoms with van der Waals surface area (Å²) in [7, 11) is -6.88. The smallest absolute Gasteiger partial charge is 0.179 e. The minimum atomic E-state index is -3.57. The summed E-state index contributed by atoms with van der Waals surface area (Å²) in [6.45, 7) is 0.344. The summed E-state index contributed by atoms with van der Waals surface area (Å²) in [5.74, 6) is -0.646. The Kier molecular flexibility index (Phi) is 5.06. The fourth-order valence-electron chi connectivity index (χ4n) is 2.59. The Labute approximate surface area is 126 Å². The fourth-order valence-corrected chi connectivity index (χ4v) is 6.57. The molecular weight excluding hydrogens is 310 g/mol. The van der Waals surface area contributed by atoms with Crippen LogP contribution in [0.2, 0.25) is 0 Å². The molecule has 0 saturated heterocycles. The average molecular weight is 331 g/mol. The van der Waals surface area contributed by atoms with Crippen molar-refractivity contribution in [2.75, 3.05) is 11.5 Å². The van der Waals surface area contributed by atoms with Crippen LogP contribution in [0.15, 0.2) is 29.2 Å². The summed E-state index contributed by atoms with van der Waals surface area (Å²) < 4.78 is 48.7. The molecule has 0 unspecified atom stereocenters. The Bertz CT molecular complexity index is 672. The minimum Gasteiger partial charge on any atom is -0.326 e. The van der Waals surface area contributed by atoms with Crippen molar-refractivity contribution in [1.82, 2.24) is 0 Å². The summed E-state index contributed by atoms with van der Waals surface area (Å²) in [5, 5.41) is -0.354. The molecule has 118 valence electrons. The van der Waals surface area contributed by atoms with Crippen molar-refractivity contribution in [3.8, 4) is 0 Å². The van der Waals surface area contributed by atoms with Crippen LogP contribution in [0.4, 0.5) is 0 Å². The zero-order valence-corrected chi connectivity index (χ0v) is 13.5. The number of sulfone groups is 2. The maximum absolute atomic E-state index is 12.2. The molecule has 0 bridgehead atoms. The van der Waals surface area contributed by atoms with Gasteiger partial charge in [0.2, 0.25) is 0 Å². The quantitative estimate of drug-likeness (QED) is 0.847. The van der Waals surface area contributed by atoms with Gasteiger partial charge in [-0.15, -0.1) is 0 Å². The predicted molar refractivity (Wildman–Crippen MR) is 82.4 cm³/mol. The van der Waals surface area contributed by atoms with E-state index in [2.05, 4.69) is 0 Å². The van der Waals surface area contributed by atoms with E-state index in [9.17, 15) is 16.8 Å². The number of nitrogens with two attached hydrogens (primary N) is 1. The van der Waals surface area contributed by atoms with Gasteiger partial charge in [0.15, 0.2) is 19.7 Å². The molecule has 1 fully saturated rings. The standard InChI is InChI=1S/C14H21NO4S2/c15-11-12-5-7-14(8-6-12)21(18,19)10-9-20(16,17)13-3-1-2-4-13/h5-8,13H,1-4,9-11,15H2. The van der Waals surface area contributed by atoms with Crippen LogP contribution < -0.4 is 5.73 Å². The van der Waals surface area contributed by atoms with Gasteiger partial charge in [-0.1, -0.05) is 25.0 Å². The van der Waals surface area contributed by atoms with Crippen molar-refractivity contribution >= 4 is 19.7 Å². The molecule has 0 aromatic heterocycles. The van der Waals surface area contributed by atoms with Gasteiger partial charge in [-0.25, -0.2) is 16.8 Å². The third-order valence-electron chi connectivity index (χ3n) is 3.96. The van der Waals surface area contributed by atoms with Gasteiger partial charge in [-0.3, -0.25) is 0 Å². The van der Waals surface area contributed by atoms with Crippen LogP contribution in [0.5, 0.6) is 0 Å². The topological polar surface area (TPSA) is 94.3 Å². The molecule has 1 aliphatic carbocycles. The van der Waals surface area contributed by atoms with E-state index in [1.807, 2.05) is 0 Å². The first-order valence-electron chi connectivity index (χ1n) is 7.08. The molecule has 1 aromatic carbocycles. The fraction of sp³-hybridized carbons (Fsp3) is 0.571. The van der Waals surface area contributed by atoms with Crippen LogP contribution in [-0.2, 0) is 26.2 Å². The Balaban J connectivity index is 2.06. The number of hydrogen-bond donors (Lipinski definition) is 1. The third-order valence-corrected chi connectivity index (χ3v) is 8.22. The maximum Gasteiger partial charge on any atom is 0.179 e. The van der Waals surface area contributed by atoms with Gasteiger partial charge in [0.25, 0.3) is 0 Å². The monoisotopic (exact) mass is 331 g/mol. The van der Waals surface area contributed by atoms with Gasteiger partial charge in [-0.2, -0.15) is 0 Å². The molecule has 7 heteroatoms. The molecule has 0 spiro atoms. The Morgan fingerprint density at radius 3 is 2.05 bits per heavy atom. The summed E-state index contributed by atoms with van der Waals surface area (Å²) in [5.41, 5.74) is 6.31. The lowest BCUT2D eigenvalue weighted by atomic mass is 10.2. The molecule has 5 nitrogen and oxygen atoms in total. The van der Waals surface area contributed by atoms with E-state index in [0.29, 0.717) is 19.4 Å². The zero-order valence-electron chi connectivity index (χ0n) is 11.9. The first-order valence-corrected chi connectivity index (χ1v) is 10.5. The number of rotatable bonds is 6. The number of benzene rings is 1. The lowest BCUT2D eigenvalue weighted by Gasteiger charge is -2.11. The van der Waals surface area contributed by atoms with E-state index in [1.54, 1.807) is 12.1 Å².